The highest BCUT2D eigenvalue weighted by atomic mass is 16.7. The molecule has 5 nitrogen and oxygen atoms in total. The summed E-state index contributed by atoms with van der Waals surface area (Å²) in [6.07, 6.45) is 6.40. The number of allylic oxidation sites excluding steroid dienone is 1. The lowest BCUT2D eigenvalue weighted by Gasteiger charge is -2.57. The summed E-state index contributed by atoms with van der Waals surface area (Å²) in [5, 5.41) is 24.1. The van der Waals surface area contributed by atoms with Crippen LogP contribution in [0.3, 0.4) is 0 Å². The first kappa shape index (κ1) is 26.4. The summed E-state index contributed by atoms with van der Waals surface area (Å²) in [6, 6.07) is 9.47. The van der Waals surface area contributed by atoms with Crippen molar-refractivity contribution in [3.8, 4) is 11.8 Å². The minimum absolute atomic E-state index is 0.157. The zero-order valence-corrected chi connectivity index (χ0v) is 23.8. The van der Waals surface area contributed by atoms with E-state index in [9.17, 15) is 10.2 Å². The first-order valence-electron chi connectivity index (χ1n) is 14.8. The van der Waals surface area contributed by atoms with Crippen molar-refractivity contribution in [3.63, 3.8) is 0 Å². The largest absolute Gasteiger partial charge is 0.385 e. The van der Waals surface area contributed by atoms with Crippen LogP contribution in [0.4, 0.5) is 5.69 Å². The van der Waals surface area contributed by atoms with Gasteiger partial charge in [-0.15, -0.1) is 5.92 Å². The number of anilines is 1. The van der Waals surface area contributed by atoms with Crippen molar-refractivity contribution in [2.75, 3.05) is 25.2 Å². The maximum atomic E-state index is 12.2. The van der Waals surface area contributed by atoms with Gasteiger partial charge in [0.2, 0.25) is 0 Å². The van der Waals surface area contributed by atoms with E-state index in [-0.39, 0.29) is 11.3 Å². The molecule has 2 N–H and O–H groups in total. The monoisotopic (exact) mass is 519 g/mol. The molecule has 1 spiro atoms. The van der Waals surface area contributed by atoms with Gasteiger partial charge in [-0.1, -0.05) is 30.6 Å². The zero-order chi connectivity index (χ0) is 26.9. The average Bonchev–Trinajstić information content (AvgIpc) is 3.44. The summed E-state index contributed by atoms with van der Waals surface area (Å²) in [5.74, 6) is 6.58. The van der Waals surface area contributed by atoms with Gasteiger partial charge in [-0.2, -0.15) is 0 Å². The van der Waals surface area contributed by atoms with Crippen molar-refractivity contribution in [1.82, 2.24) is 0 Å². The molecule has 38 heavy (non-hydrogen) atoms. The molecule has 206 valence electrons. The number of ether oxygens (including phenoxy) is 2. The van der Waals surface area contributed by atoms with Crippen LogP contribution in [0.1, 0.15) is 90.5 Å². The van der Waals surface area contributed by atoms with Crippen molar-refractivity contribution in [2.45, 2.75) is 108 Å². The predicted octanol–water partition coefficient (Wildman–Crippen LogP) is 5.55. The Morgan fingerprint density at radius 1 is 1.03 bits per heavy atom. The summed E-state index contributed by atoms with van der Waals surface area (Å²) >= 11 is 0. The van der Waals surface area contributed by atoms with Gasteiger partial charge in [0.15, 0.2) is 5.79 Å². The van der Waals surface area contributed by atoms with E-state index in [1.165, 1.54) is 22.4 Å². The highest BCUT2D eigenvalue weighted by Crippen LogP contribution is 2.67. The van der Waals surface area contributed by atoms with E-state index in [1.807, 2.05) is 6.92 Å². The van der Waals surface area contributed by atoms with Gasteiger partial charge in [0.05, 0.1) is 18.8 Å². The lowest BCUT2D eigenvalue weighted by molar-refractivity contribution is -0.208. The molecule has 4 aliphatic carbocycles. The van der Waals surface area contributed by atoms with Crippen LogP contribution >= 0.6 is 0 Å². The number of rotatable bonds is 3. The number of hydrogen-bond acceptors (Lipinski definition) is 5. The molecule has 0 unspecified atom stereocenters. The molecule has 1 aromatic rings. The number of hydrogen-bond donors (Lipinski definition) is 2. The lowest BCUT2D eigenvalue weighted by Crippen LogP contribution is -2.55. The SMILES string of the molecule is CC#C[C@]1(O)CC[C@H]2[C@@H]3CC[C@@]4(O)CC5(CCC4=C3[C@@H](c3ccc(N(C)C(C)C)cc3)C[C@@]21C)OCCO5. The van der Waals surface area contributed by atoms with Gasteiger partial charge < -0.3 is 24.6 Å². The normalized spacial score (nSPS) is 39.4. The van der Waals surface area contributed by atoms with Crippen LogP contribution < -0.4 is 4.90 Å². The third-order valence-electron chi connectivity index (χ3n) is 11.2. The molecular formula is C33H45NO4. The second-order valence-electron chi connectivity index (χ2n) is 13.2. The Morgan fingerprint density at radius 3 is 2.39 bits per heavy atom. The smallest absolute Gasteiger partial charge is 0.171 e. The Balaban J connectivity index is 1.46. The summed E-state index contributed by atoms with van der Waals surface area (Å²) in [5.41, 5.74) is 3.06. The number of fused-ring (bicyclic) bond motifs is 4. The Morgan fingerprint density at radius 2 is 1.74 bits per heavy atom. The predicted molar refractivity (Wildman–Crippen MR) is 150 cm³/mol. The summed E-state index contributed by atoms with van der Waals surface area (Å²) < 4.78 is 12.2. The molecule has 5 aliphatic rings. The zero-order valence-electron chi connectivity index (χ0n) is 23.8. The molecule has 6 atom stereocenters. The number of nitrogens with zero attached hydrogens (tertiary/aromatic N) is 1. The van der Waals surface area contributed by atoms with E-state index in [2.05, 4.69) is 68.8 Å². The topological polar surface area (TPSA) is 62.2 Å². The third-order valence-corrected chi connectivity index (χ3v) is 11.2. The Kier molecular flexibility index (Phi) is 6.32. The molecule has 1 heterocycles. The van der Waals surface area contributed by atoms with Gasteiger partial charge in [-0.25, -0.2) is 0 Å². The summed E-state index contributed by atoms with van der Waals surface area (Å²) in [7, 11) is 2.14. The van der Waals surface area contributed by atoms with E-state index in [0.29, 0.717) is 37.5 Å². The summed E-state index contributed by atoms with van der Waals surface area (Å²) in [4.78, 5) is 2.29. The molecule has 0 bridgehead atoms. The highest BCUT2D eigenvalue weighted by Gasteiger charge is 2.64. The maximum absolute atomic E-state index is 12.2. The van der Waals surface area contributed by atoms with E-state index in [1.54, 1.807) is 0 Å². The van der Waals surface area contributed by atoms with Crippen molar-refractivity contribution in [3.05, 3.63) is 41.0 Å². The van der Waals surface area contributed by atoms with Gasteiger partial charge in [0, 0.05) is 43.0 Å². The Hall–Kier alpha value is -1.84. The number of benzene rings is 1. The fourth-order valence-corrected chi connectivity index (χ4v) is 8.97. The number of aliphatic hydroxyl groups is 2. The fraction of sp³-hybridized carbons (Fsp3) is 0.697. The first-order chi connectivity index (χ1) is 18.0. The minimum Gasteiger partial charge on any atom is -0.385 e. The van der Waals surface area contributed by atoms with Crippen molar-refractivity contribution in [1.29, 1.82) is 0 Å². The minimum atomic E-state index is -0.964. The Bertz CT molecular complexity index is 1170. The molecule has 1 aliphatic heterocycles. The third kappa shape index (κ3) is 3.82. The lowest BCUT2D eigenvalue weighted by atomic mass is 9.49. The van der Waals surface area contributed by atoms with Gasteiger partial charge >= 0.3 is 0 Å². The van der Waals surface area contributed by atoms with Crippen LogP contribution in [0.2, 0.25) is 0 Å². The second kappa shape index (κ2) is 9.10. The van der Waals surface area contributed by atoms with Crippen LogP contribution in [-0.2, 0) is 9.47 Å². The van der Waals surface area contributed by atoms with Crippen LogP contribution in [0, 0.1) is 29.1 Å². The molecule has 0 aromatic heterocycles. The molecule has 1 saturated heterocycles. The van der Waals surface area contributed by atoms with Gasteiger partial charge in [-0.3, -0.25) is 0 Å². The fourth-order valence-electron chi connectivity index (χ4n) is 8.97. The molecule has 6 rings (SSSR count). The molecule has 0 amide bonds. The quantitative estimate of drug-likeness (QED) is 0.405. The van der Waals surface area contributed by atoms with Crippen LogP contribution in [0.5, 0.6) is 0 Å². The van der Waals surface area contributed by atoms with Crippen LogP contribution in [-0.4, -0.2) is 53.5 Å². The van der Waals surface area contributed by atoms with Crippen molar-refractivity contribution in [2.24, 2.45) is 17.3 Å². The highest BCUT2D eigenvalue weighted by molar-refractivity contribution is 5.51. The van der Waals surface area contributed by atoms with Crippen LogP contribution in [0.25, 0.3) is 0 Å². The molecule has 1 aromatic carbocycles. The molecule has 3 saturated carbocycles. The maximum Gasteiger partial charge on any atom is 0.171 e. The van der Waals surface area contributed by atoms with E-state index in [4.69, 9.17) is 9.47 Å². The average molecular weight is 520 g/mol. The van der Waals surface area contributed by atoms with Gasteiger partial charge in [-0.05, 0) is 94.4 Å². The van der Waals surface area contributed by atoms with Gasteiger partial charge in [0.1, 0.15) is 5.60 Å². The van der Waals surface area contributed by atoms with Gasteiger partial charge in [0.25, 0.3) is 0 Å². The molecular weight excluding hydrogens is 474 g/mol. The van der Waals surface area contributed by atoms with E-state index < -0.39 is 17.0 Å². The standard InChI is InChI=1S/C33H45NO4/c1-6-14-32(36)16-12-27-25-11-15-31(35)21-33(37-18-19-38-33)17-13-28(31)29(25)26(20-30(27,32)4)23-7-9-24(10-8-23)34(5)22(2)3/h7-10,22,25-27,35-36H,11-13,15-21H2,1-5H3/t25-,26+,27-,30-,31+,32-/m0/s1. The summed E-state index contributed by atoms with van der Waals surface area (Å²) in [6.45, 7) is 9.78. The van der Waals surface area contributed by atoms with E-state index >= 15 is 0 Å². The second-order valence-corrected chi connectivity index (χ2v) is 13.2. The van der Waals surface area contributed by atoms with Crippen molar-refractivity contribution >= 4 is 5.69 Å². The first-order valence-corrected chi connectivity index (χ1v) is 14.8. The van der Waals surface area contributed by atoms with Crippen molar-refractivity contribution < 1.29 is 19.7 Å². The molecule has 4 fully saturated rings. The molecule has 5 heteroatoms. The van der Waals surface area contributed by atoms with Crippen LogP contribution in [0.15, 0.2) is 35.4 Å². The molecule has 0 radical (unpaired) electrons. The Labute approximate surface area is 228 Å². The van der Waals surface area contributed by atoms with E-state index in [0.717, 1.165) is 44.9 Å².